The number of ether oxygens (including phenoxy) is 2. The van der Waals surface area contributed by atoms with Gasteiger partial charge in [-0.25, -0.2) is 4.57 Å². The van der Waals surface area contributed by atoms with E-state index in [1.165, 1.54) is 19.3 Å². The van der Waals surface area contributed by atoms with E-state index >= 15 is 0 Å². The van der Waals surface area contributed by atoms with Gasteiger partial charge in [0.2, 0.25) is 0 Å². The summed E-state index contributed by atoms with van der Waals surface area (Å²) in [7, 11) is -4.43. The van der Waals surface area contributed by atoms with E-state index < -0.39 is 38.6 Å². The first-order chi connectivity index (χ1) is 27.2. The third-order valence-corrected chi connectivity index (χ3v) is 8.71. The molecule has 0 bridgehead atoms. The highest BCUT2D eigenvalue weighted by Gasteiger charge is 2.25. The van der Waals surface area contributed by atoms with Crippen LogP contribution in [0, 0.1) is 0 Å². The van der Waals surface area contributed by atoms with Gasteiger partial charge in [0, 0.05) is 19.4 Å². The van der Waals surface area contributed by atoms with Crippen molar-refractivity contribution in [3.63, 3.8) is 0 Å². The van der Waals surface area contributed by atoms with Crippen molar-refractivity contribution in [3.8, 4) is 0 Å². The van der Waals surface area contributed by atoms with Crippen molar-refractivity contribution < 1.29 is 42.7 Å². The Morgan fingerprint density at radius 1 is 0.643 bits per heavy atom. The van der Waals surface area contributed by atoms with E-state index in [1.54, 1.807) is 6.08 Å². The van der Waals surface area contributed by atoms with Gasteiger partial charge in [0.1, 0.15) is 6.61 Å². The Bertz CT molecular complexity index is 1300. The van der Waals surface area contributed by atoms with Gasteiger partial charge in [-0.3, -0.25) is 18.6 Å². The quantitative estimate of drug-likeness (QED) is 0.0183. The van der Waals surface area contributed by atoms with Gasteiger partial charge in [-0.15, -0.1) is 0 Å². The average molecular weight is 802 g/mol. The Hall–Kier alpha value is -3.37. The number of hydrogen-bond donors (Lipinski definition) is 3. The minimum Gasteiger partial charge on any atom is -0.462 e. The third-order valence-electron chi connectivity index (χ3n) is 7.72. The van der Waals surface area contributed by atoms with Crippen LogP contribution in [0.1, 0.15) is 123 Å². The van der Waals surface area contributed by atoms with Crippen LogP contribution >= 0.6 is 7.82 Å². The maximum atomic E-state index is 12.5. The molecule has 0 heterocycles. The Kier molecular flexibility index (Phi) is 37.5. The minimum absolute atomic E-state index is 0.0202. The summed E-state index contributed by atoms with van der Waals surface area (Å²) in [4.78, 5) is 34.8. The fourth-order valence-corrected chi connectivity index (χ4v) is 5.45. The van der Waals surface area contributed by atoms with E-state index in [-0.39, 0.29) is 32.6 Å². The normalized spacial score (nSPS) is 15.0. The lowest BCUT2D eigenvalue weighted by molar-refractivity contribution is -0.161. The van der Waals surface area contributed by atoms with Crippen LogP contribution in [0.15, 0.2) is 109 Å². The van der Waals surface area contributed by atoms with Crippen LogP contribution in [0.4, 0.5) is 0 Å². The number of allylic oxidation sites excluding steroid dienone is 16. The largest absolute Gasteiger partial charge is 0.472 e. The molecule has 56 heavy (non-hydrogen) atoms. The second-order valence-corrected chi connectivity index (χ2v) is 14.4. The summed E-state index contributed by atoms with van der Waals surface area (Å²) >= 11 is 0. The van der Waals surface area contributed by atoms with Crippen molar-refractivity contribution in [2.45, 2.75) is 135 Å². The predicted octanol–water partition coefficient (Wildman–Crippen LogP) is 10.6. The molecule has 0 radical (unpaired) electrons. The second kappa shape index (κ2) is 39.8. The van der Waals surface area contributed by atoms with Crippen molar-refractivity contribution >= 4 is 19.8 Å². The molecule has 0 amide bonds. The highest BCUT2D eigenvalue weighted by atomic mass is 31.2. The first-order valence-electron chi connectivity index (χ1n) is 20.5. The molecule has 0 aromatic rings. The lowest BCUT2D eigenvalue weighted by Crippen LogP contribution is -2.29. The molecule has 4 N–H and O–H groups in total. The number of rotatable bonds is 36. The summed E-state index contributed by atoms with van der Waals surface area (Å²) in [6.45, 7) is 3.32. The number of phosphoric ester groups is 1. The minimum atomic E-state index is -4.43. The van der Waals surface area contributed by atoms with Gasteiger partial charge in [-0.1, -0.05) is 136 Å². The molecular weight excluding hydrogens is 729 g/mol. The molecule has 316 valence electrons. The SMILES string of the molecule is CC/C=C\C/C=C\C/C=C\C/C=C\C/C=C\CCCC(=O)OC[C@H](COP(=O)(O)OCCN)OC(=O)CCC/C=C/C/C=C\C[C@@H](O)/C=C\C=C/CCCCC. The number of phosphoric acid groups is 1. The highest BCUT2D eigenvalue weighted by molar-refractivity contribution is 7.47. The van der Waals surface area contributed by atoms with Crippen molar-refractivity contribution in [2.24, 2.45) is 5.73 Å². The van der Waals surface area contributed by atoms with Crippen LogP contribution < -0.4 is 5.73 Å². The summed E-state index contributed by atoms with van der Waals surface area (Å²) < 4.78 is 32.6. The van der Waals surface area contributed by atoms with Gasteiger partial charge in [0.25, 0.3) is 0 Å². The fourth-order valence-electron chi connectivity index (χ4n) is 4.68. The Labute approximate surface area is 338 Å². The molecular formula is C45H72NO9P. The molecule has 3 atom stereocenters. The van der Waals surface area contributed by atoms with E-state index in [0.717, 1.165) is 38.5 Å². The van der Waals surface area contributed by atoms with Crippen molar-refractivity contribution in [2.75, 3.05) is 26.4 Å². The molecule has 0 aromatic heterocycles. The number of carbonyl (C=O) groups excluding carboxylic acids is 2. The van der Waals surface area contributed by atoms with Gasteiger partial charge in [0.05, 0.1) is 19.3 Å². The summed E-state index contributed by atoms with van der Waals surface area (Å²) in [5, 5.41) is 10.1. The molecule has 0 spiro atoms. The van der Waals surface area contributed by atoms with Crippen LogP contribution in [-0.2, 0) is 32.7 Å². The van der Waals surface area contributed by atoms with Gasteiger partial charge in [-0.2, -0.15) is 0 Å². The zero-order chi connectivity index (χ0) is 41.2. The van der Waals surface area contributed by atoms with Gasteiger partial charge in [0.15, 0.2) is 6.10 Å². The number of nitrogens with two attached hydrogens (primary N) is 1. The zero-order valence-corrected chi connectivity index (χ0v) is 35.1. The number of unbranched alkanes of at least 4 members (excludes halogenated alkanes) is 5. The highest BCUT2D eigenvalue weighted by Crippen LogP contribution is 2.43. The summed E-state index contributed by atoms with van der Waals surface area (Å²) in [5.41, 5.74) is 5.33. The molecule has 0 saturated carbocycles. The maximum Gasteiger partial charge on any atom is 0.472 e. The van der Waals surface area contributed by atoms with Gasteiger partial charge >= 0.3 is 19.8 Å². The monoisotopic (exact) mass is 801 g/mol. The number of aliphatic hydroxyl groups is 1. The summed E-state index contributed by atoms with van der Waals surface area (Å²) in [6.07, 6.45) is 48.7. The van der Waals surface area contributed by atoms with Crippen molar-refractivity contribution in [1.29, 1.82) is 0 Å². The number of esters is 2. The first kappa shape index (κ1) is 52.6. The second-order valence-electron chi connectivity index (χ2n) is 13.0. The average Bonchev–Trinajstić information content (AvgIpc) is 3.18. The van der Waals surface area contributed by atoms with Crippen LogP contribution in [-0.4, -0.2) is 60.5 Å². The molecule has 0 fully saturated rings. The smallest absolute Gasteiger partial charge is 0.462 e. The predicted molar refractivity (Wildman–Crippen MR) is 230 cm³/mol. The molecule has 0 saturated heterocycles. The molecule has 0 aromatic carbocycles. The lowest BCUT2D eigenvalue weighted by Gasteiger charge is -2.19. The molecule has 0 aliphatic heterocycles. The molecule has 10 nitrogen and oxygen atoms in total. The van der Waals surface area contributed by atoms with Crippen LogP contribution in [0.3, 0.4) is 0 Å². The van der Waals surface area contributed by atoms with E-state index in [9.17, 15) is 24.2 Å². The molecule has 1 unspecified atom stereocenters. The first-order valence-corrected chi connectivity index (χ1v) is 22.0. The zero-order valence-electron chi connectivity index (χ0n) is 34.2. The topological polar surface area (TPSA) is 155 Å². The number of hydrogen-bond acceptors (Lipinski definition) is 9. The fraction of sp³-hybridized carbons (Fsp3) is 0.556. The molecule has 0 rings (SSSR count). The maximum absolute atomic E-state index is 12.5. The van der Waals surface area contributed by atoms with Crippen LogP contribution in [0.25, 0.3) is 0 Å². The van der Waals surface area contributed by atoms with E-state index in [2.05, 4.69) is 74.6 Å². The Balaban J connectivity index is 4.47. The van der Waals surface area contributed by atoms with Crippen LogP contribution in [0.2, 0.25) is 0 Å². The number of aliphatic hydroxyl groups excluding tert-OH is 1. The molecule has 0 aliphatic rings. The van der Waals surface area contributed by atoms with E-state index in [1.807, 2.05) is 42.5 Å². The lowest BCUT2D eigenvalue weighted by atomic mass is 10.2. The summed E-state index contributed by atoms with van der Waals surface area (Å²) in [6, 6.07) is 0. The molecule has 0 aliphatic carbocycles. The summed E-state index contributed by atoms with van der Waals surface area (Å²) in [5.74, 6) is -1.02. The van der Waals surface area contributed by atoms with E-state index in [4.69, 9.17) is 24.3 Å². The standard InChI is InChI=1S/C45H72NO9P/c1-3-5-7-9-11-12-13-14-15-16-17-18-19-20-24-28-32-36-44(48)52-40-43(41-54-56(50,51)53-39-38-46)55-45(49)37-33-29-25-21-23-27-31-35-42(47)34-30-26-22-10-8-6-4-2/h5,7,11-12,14-15,17-18,20-22,24-27,30-31,34,42-43,47H,3-4,6,8-10,13,16,19,23,28-29,32-33,35-41,46H2,1-2H3,(H,50,51)/b7-5-,12-11-,15-14-,18-17-,24-20-,25-21+,26-22-,31-27-,34-30-/t42-,43+/m0/s1. The third kappa shape index (κ3) is 38.9. The van der Waals surface area contributed by atoms with Gasteiger partial charge < -0.3 is 25.2 Å². The van der Waals surface area contributed by atoms with Crippen molar-refractivity contribution in [1.82, 2.24) is 0 Å². The Morgan fingerprint density at radius 2 is 1.18 bits per heavy atom. The van der Waals surface area contributed by atoms with E-state index in [0.29, 0.717) is 38.5 Å². The molecule has 11 heteroatoms. The van der Waals surface area contributed by atoms with Crippen molar-refractivity contribution in [3.05, 3.63) is 109 Å². The van der Waals surface area contributed by atoms with Gasteiger partial charge in [-0.05, 0) is 83.5 Å². The number of carbonyl (C=O) groups is 2. The Morgan fingerprint density at radius 3 is 1.75 bits per heavy atom. The van der Waals surface area contributed by atoms with Crippen LogP contribution in [0.5, 0.6) is 0 Å².